The lowest BCUT2D eigenvalue weighted by molar-refractivity contribution is -0.116. The lowest BCUT2D eigenvalue weighted by Gasteiger charge is -2.22. The summed E-state index contributed by atoms with van der Waals surface area (Å²) in [6.07, 6.45) is 1.68. The van der Waals surface area contributed by atoms with Crippen LogP contribution in [0.5, 0.6) is 5.75 Å². The van der Waals surface area contributed by atoms with Crippen LogP contribution in [0.3, 0.4) is 0 Å². The van der Waals surface area contributed by atoms with Gasteiger partial charge in [-0.25, -0.2) is 9.48 Å². The van der Waals surface area contributed by atoms with E-state index in [1.54, 1.807) is 23.9 Å². The Balaban J connectivity index is 1.55. The number of anilines is 2. The number of benzene rings is 3. The van der Waals surface area contributed by atoms with Crippen molar-refractivity contribution in [2.24, 2.45) is 0 Å². The zero-order valence-electron chi connectivity index (χ0n) is 21.4. The molecule has 1 heterocycles. The van der Waals surface area contributed by atoms with Gasteiger partial charge in [0.15, 0.2) is 0 Å². The van der Waals surface area contributed by atoms with Gasteiger partial charge in [0.1, 0.15) is 18.1 Å². The van der Waals surface area contributed by atoms with E-state index >= 15 is 0 Å². The first-order valence-corrected chi connectivity index (χ1v) is 13.2. The van der Waals surface area contributed by atoms with Crippen LogP contribution in [0.15, 0.2) is 89.4 Å². The van der Waals surface area contributed by atoms with Crippen LogP contribution in [0.1, 0.15) is 19.8 Å². The Morgan fingerprint density at radius 2 is 1.68 bits per heavy atom. The van der Waals surface area contributed by atoms with E-state index in [1.165, 1.54) is 4.90 Å². The summed E-state index contributed by atoms with van der Waals surface area (Å²) in [5.74, 6) is 0.905. The van der Waals surface area contributed by atoms with Gasteiger partial charge >= 0.3 is 6.03 Å². The van der Waals surface area contributed by atoms with Crippen LogP contribution in [-0.2, 0) is 4.79 Å². The Labute approximate surface area is 230 Å². The van der Waals surface area contributed by atoms with Crippen LogP contribution in [0.4, 0.5) is 16.3 Å². The molecule has 1 aromatic heterocycles. The molecule has 3 amide bonds. The van der Waals surface area contributed by atoms with Gasteiger partial charge in [-0.15, -0.1) is 0 Å². The molecule has 0 saturated heterocycles. The van der Waals surface area contributed by atoms with E-state index in [1.807, 2.05) is 79.7 Å². The first kappa shape index (κ1) is 26.9. The normalized spacial score (nSPS) is 10.6. The van der Waals surface area contributed by atoms with E-state index in [4.69, 9.17) is 9.84 Å². The van der Waals surface area contributed by atoms with Crippen LogP contribution in [0.2, 0.25) is 0 Å². The summed E-state index contributed by atoms with van der Waals surface area (Å²) in [6.45, 7) is 2.40. The Kier molecular flexibility index (Phi) is 9.16. The third-order valence-electron chi connectivity index (χ3n) is 5.86. The fourth-order valence-corrected chi connectivity index (χ4v) is 4.10. The number of unbranched alkanes of at least 4 members (excludes halogenated alkanes) is 1. The first-order valence-electron chi connectivity index (χ1n) is 12.4. The number of aromatic nitrogens is 2. The monoisotopic (exact) mass is 575 g/mol. The maximum Gasteiger partial charge on any atom is 0.322 e. The van der Waals surface area contributed by atoms with Gasteiger partial charge in [0.2, 0.25) is 5.91 Å². The van der Waals surface area contributed by atoms with Crippen molar-refractivity contribution >= 4 is 39.4 Å². The van der Waals surface area contributed by atoms with E-state index < -0.39 is 0 Å². The number of ether oxygens (including phenoxy) is 1. The van der Waals surface area contributed by atoms with Gasteiger partial charge in [0.05, 0.1) is 18.5 Å². The van der Waals surface area contributed by atoms with Gasteiger partial charge in [0, 0.05) is 28.3 Å². The summed E-state index contributed by atoms with van der Waals surface area (Å²) in [5.41, 5.74) is 3.06. The highest BCUT2D eigenvalue weighted by molar-refractivity contribution is 9.10. The SMILES string of the molecule is CCCCN(CC(=O)Nc1cc(-c2ccccc2)nn1-c1ccc(OC)cc1)C(=O)Nc1ccc(Br)cc1. The maximum absolute atomic E-state index is 13.2. The summed E-state index contributed by atoms with van der Waals surface area (Å²) in [7, 11) is 1.61. The van der Waals surface area contributed by atoms with E-state index in [9.17, 15) is 9.59 Å². The minimum absolute atomic E-state index is 0.100. The van der Waals surface area contributed by atoms with Crippen molar-refractivity contribution in [1.82, 2.24) is 14.7 Å². The first-order chi connectivity index (χ1) is 18.5. The second kappa shape index (κ2) is 12.9. The molecule has 0 aliphatic carbocycles. The molecule has 4 rings (SSSR count). The molecule has 2 N–H and O–H groups in total. The molecule has 0 saturated carbocycles. The third-order valence-corrected chi connectivity index (χ3v) is 6.39. The Morgan fingerprint density at radius 1 is 0.974 bits per heavy atom. The van der Waals surface area contributed by atoms with Gasteiger partial charge in [0.25, 0.3) is 0 Å². The molecule has 0 aliphatic rings. The molecule has 9 heteroatoms. The summed E-state index contributed by atoms with van der Waals surface area (Å²) >= 11 is 3.40. The van der Waals surface area contributed by atoms with E-state index in [0.29, 0.717) is 23.7 Å². The number of carbonyl (C=O) groups excluding carboxylic acids is 2. The molecular formula is C29H30BrN5O3. The lowest BCUT2D eigenvalue weighted by Crippen LogP contribution is -2.41. The Morgan fingerprint density at radius 3 is 2.34 bits per heavy atom. The smallest absolute Gasteiger partial charge is 0.322 e. The number of hydrogen-bond acceptors (Lipinski definition) is 4. The minimum atomic E-state index is -0.329. The molecule has 3 aromatic carbocycles. The van der Waals surface area contributed by atoms with Crippen molar-refractivity contribution in [3.05, 3.63) is 89.4 Å². The van der Waals surface area contributed by atoms with Crippen molar-refractivity contribution in [2.45, 2.75) is 19.8 Å². The van der Waals surface area contributed by atoms with Crippen molar-refractivity contribution in [3.8, 4) is 22.7 Å². The molecule has 4 aromatic rings. The summed E-state index contributed by atoms with van der Waals surface area (Å²) in [6, 6.07) is 26.0. The number of carbonyl (C=O) groups is 2. The zero-order chi connectivity index (χ0) is 26.9. The highest BCUT2D eigenvalue weighted by atomic mass is 79.9. The Bertz CT molecular complexity index is 1360. The highest BCUT2D eigenvalue weighted by Crippen LogP contribution is 2.26. The van der Waals surface area contributed by atoms with E-state index in [-0.39, 0.29) is 18.5 Å². The van der Waals surface area contributed by atoms with Gasteiger partial charge < -0.3 is 20.3 Å². The van der Waals surface area contributed by atoms with Crippen molar-refractivity contribution in [2.75, 3.05) is 30.8 Å². The Hall–Kier alpha value is -4.11. The average molecular weight is 576 g/mol. The van der Waals surface area contributed by atoms with Gasteiger partial charge in [-0.05, 0) is 55.0 Å². The second-order valence-corrected chi connectivity index (χ2v) is 9.57. The number of amides is 3. The fourth-order valence-electron chi connectivity index (χ4n) is 3.83. The molecule has 196 valence electrons. The fraction of sp³-hybridized carbons (Fsp3) is 0.207. The third kappa shape index (κ3) is 7.01. The minimum Gasteiger partial charge on any atom is -0.497 e. The summed E-state index contributed by atoms with van der Waals surface area (Å²) in [4.78, 5) is 27.8. The van der Waals surface area contributed by atoms with Crippen molar-refractivity contribution in [3.63, 3.8) is 0 Å². The average Bonchev–Trinajstić information content (AvgIpc) is 3.36. The zero-order valence-corrected chi connectivity index (χ0v) is 22.9. The predicted molar refractivity (Wildman–Crippen MR) is 154 cm³/mol. The van der Waals surface area contributed by atoms with E-state index in [0.717, 1.165) is 34.3 Å². The standard InChI is InChI=1S/C29H30BrN5O3/c1-3-4-18-34(29(37)31-23-12-10-22(30)11-13-23)20-28(36)32-27-19-26(21-8-6-5-7-9-21)33-35(27)24-14-16-25(38-2)17-15-24/h5-17,19H,3-4,18,20H2,1-2H3,(H,31,37)(H,32,36). The number of nitrogens with one attached hydrogen (secondary N) is 2. The van der Waals surface area contributed by atoms with Crippen molar-refractivity contribution < 1.29 is 14.3 Å². The second-order valence-electron chi connectivity index (χ2n) is 8.65. The van der Waals surface area contributed by atoms with Crippen LogP contribution in [0, 0.1) is 0 Å². The van der Waals surface area contributed by atoms with Crippen LogP contribution in [0.25, 0.3) is 16.9 Å². The van der Waals surface area contributed by atoms with E-state index in [2.05, 4.69) is 26.6 Å². The largest absolute Gasteiger partial charge is 0.497 e. The number of nitrogens with zero attached hydrogens (tertiary/aromatic N) is 3. The molecular weight excluding hydrogens is 546 g/mol. The number of hydrogen-bond donors (Lipinski definition) is 2. The molecule has 0 aliphatic heterocycles. The van der Waals surface area contributed by atoms with Gasteiger partial charge in [-0.2, -0.15) is 5.10 Å². The number of urea groups is 1. The van der Waals surface area contributed by atoms with Crippen LogP contribution < -0.4 is 15.4 Å². The summed E-state index contributed by atoms with van der Waals surface area (Å²) in [5, 5.41) is 10.6. The quantitative estimate of drug-likeness (QED) is 0.223. The molecule has 0 fully saturated rings. The molecule has 0 spiro atoms. The molecule has 0 atom stereocenters. The maximum atomic E-state index is 13.2. The molecule has 8 nitrogen and oxygen atoms in total. The topological polar surface area (TPSA) is 88.5 Å². The van der Waals surface area contributed by atoms with Crippen molar-refractivity contribution in [1.29, 1.82) is 0 Å². The predicted octanol–water partition coefficient (Wildman–Crippen LogP) is 6.58. The molecule has 0 bridgehead atoms. The molecule has 38 heavy (non-hydrogen) atoms. The highest BCUT2D eigenvalue weighted by Gasteiger charge is 2.20. The van der Waals surface area contributed by atoms with Crippen LogP contribution in [-0.4, -0.2) is 46.8 Å². The molecule has 0 unspecified atom stereocenters. The number of methoxy groups -OCH3 is 1. The number of halogens is 1. The molecule has 0 radical (unpaired) electrons. The van der Waals surface area contributed by atoms with Gasteiger partial charge in [-0.3, -0.25) is 4.79 Å². The summed E-state index contributed by atoms with van der Waals surface area (Å²) < 4.78 is 7.87. The number of rotatable bonds is 10. The van der Waals surface area contributed by atoms with Crippen LogP contribution >= 0.6 is 15.9 Å². The van der Waals surface area contributed by atoms with Gasteiger partial charge in [-0.1, -0.05) is 59.6 Å². The lowest BCUT2D eigenvalue weighted by atomic mass is 10.1.